The van der Waals surface area contributed by atoms with Gasteiger partial charge in [0, 0.05) is 12.0 Å². The minimum absolute atomic E-state index is 0.0298. The molecule has 2 aromatic carbocycles. The van der Waals surface area contributed by atoms with Crippen LogP contribution in [0, 0.1) is 5.41 Å². The Morgan fingerprint density at radius 2 is 1.73 bits per heavy atom. The van der Waals surface area contributed by atoms with Crippen molar-refractivity contribution in [2.24, 2.45) is 5.73 Å². The summed E-state index contributed by atoms with van der Waals surface area (Å²) in [6.45, 7) is 0. The highest BCUT2D eigenvalue weighted by atomic mass is 16.6. The van der Waals surface area contributed by atoms with Crippen molar-refractivity contribution in [2.45, 2.75) is 12.8 Å². The Labute approximate surface area is 129 Å². The molecule has 0 radical (unpaired) electrons. The van der Waals surface area contributed by atoms with E-state index in [0.717, 1.165) is 5.56 Å². The fraction of sp³-hybridized carbons (Fsp3) is 0.176. The molecule has 0 spiro atoms. The summed E-state index contributed by atoms with van der Waals surface area (Å²) >= 11 is 0. The number of aryl methyl sites for hydroxylation is 1. The van der Waals surface area contributed by atoms with Crippen LogP contribution in [0.1, 0.15) is 17.5 Å². The van der Waals surface area contributed by atoms with Crippen LogP contribution < -0.4 is 15.2 Å². The number of nitrogens with one attached hydrogen (secondary N) is 1. The van der Waals surface area contributed by atoms with Gasteiger partial charge < -0.3 is 15.2 Å². The van der Waals surface area contributed by atoms with Gasteiger partial charge in [-0.05, 0) is 24.1 Å². The molecule has 0 aliphatic rings. The third-order valence-electron chi connectivity index (χ3n) is 3.18. The van der Waals surface area contributed by atoms with Gasteiger partial charge in [0.2, 0.25) is 0 Å². The molecule has 0 amide bonds. The van der Waals surface area contributed by atoms with E-state index in [2.05, 4.69) is 0 Å². The largest absolute Gasteiger partial charge is 0.493 e. The number of nitrogen functional groups attached to an aromatic ring is 1. The maximum absolute atomic E-state index is 11.9. The zero-order valence-electron chi connectivity index (χ0n) is 12.3. The number of benzene rings is 2. The van der Waals surface area contributed by atoms with Crippen molar-refractivity contribution in [3.8, 4) is 11.5 Å². The molecule has 0 heterocycles. The molecule has 0 bridgehead atoms. The highest BCUT2D eigenvalue weighted by Gasteiger charge is 2.09. The van der Waals surface area contributed by atoms with Crippen molar-refractivity contribution in [3.63, 3.8) is 0 Å². The number of carbonyl (C=O) groups excluding carboxylic acids is 1. The number of amidine groups is 1. The fourth-order valence-electron chi connectivity index (χ4n) is 1.97. The highest BCUT2D eigenvalue weighted by Crippen LogP contribution is 2.26. The molecule has 0 saturated heterocycles. The predicted molar refractivity (Wildman–Crippen MR) is 84.4 cm³/mol. The van der Waals surface area contributed by atoms with Crippen LogP contribution in [-0.4, -0.2) is 18.9 Å². The number of hydrogen-bond donors (Lipinski definition) is 2. The first-order valence-electron chi connectivity index (χ1n) is 6.87. The van der Waals surface area contributed by atoms with Gasteiger partial charge in [-0.15, -0.1) is 0 Å². The number of hydrogen-bond acceptors (Lipinski definition) is 4. The minimum Gasteiger partial charge on any atom is -0.493 e. The molecule has 0 aromatic heterocycles. The Balaban J connectivity index is 1.91. The number of rotatable bonds is 6. The lowest BCUT2D eigenvalue weighted by atomic mass is 10.1. The third kappa shape index (κ3) is 4.09. The number of para-hydroxylation sites is 2. The van der Waals surface area contributed by atoms with Crippen LogP contribution >= 0.6 is 0 Å². The first-order valence-corrected chi connectivity index (χ1v) is 6.87. The second-order valence-corrected chi connectivity index (χ2v) is 4.74. The van der Waals surface area contributed by atoms with Gasteiger partial charge in [0.05, 0.1) is 7.11 Å². The van der Waals surface area contributed by atoms with Gasteiger partial charge in [0.25, 0.3) is 0 Å². The van der Waals surface area contributed by atoms with E-state index >= 15 is 0 Å². The molecular weight excluding hydrogens is 280 g/mol. The van der Waals surface area contributed by atoms with Gasteiger partial charge in [-0.25, -0.2) is 0 Å². The quantitative estimate of drug-likeness (QED) is 0.371. The van der Waals surface area contributed by atoms with Crippen LogP contribution in [0.25, 0.3) is 0 Å². The first kappa shape index (κ1) is 15.6. The van der Waals surface area contributed by atoms with Gasteiger partial charge >= 0.3 is 5.97 Å². The molecule has 2 rings (SSSR count). The lowest BCUT2D eigenvalue weighted by Crippen LogP contribution is -2.11. The van der Waals surface area contributed by atoms with Crippen LogP contribution in [0.4, 0.5) is 0 Å². The Morgan fingerprint density at radius 1 is 1.09 bits per heavy atom. The lowest BCUT2D eigenvalue weighted by Gasteiger charge is -2.08. The third-order valence-corrected chi connectivity index (χ3v) is 3.18. The van der Waals surface area contributed by atoms with Crippen LogP contribution in [0.2, 0.25) is 0 Å². The van der Waals surface area contributed by atoms with E-state index < -0.39 is 0 Å². The first-order chi connectivity index (χ1) is 10.6. The van der Waals surface area contributed by atoms with E-state index in [9.17, 15) is 4.79 Å². The second kappa shape index (κ2) is 7.26. The summed E-state index contributed by atoms with van der Waals surface area (Å²) < 4.78 is 10.4. The molecule has 5 heteroatoms. The van der Waals surface area contributed by atoms with Gasteiger partial charge in [-0.2, -0.15) is 0 Å². The molecule has 114 valence electrons. The molecule has 22 heavy (non-hydrogen) atoms. The summed E-state index contributed by atoms with van der Waals surface area (Å²) in [6.07, 6.45) is 0.823. The topological polar surface area (TPSA) is 85.4 Å². The van der Waals surface area contributed by atoms with E-state index in [-0.39, 0.29) is 18.2 Å². The number of carbonyl (C=O) groups is 1. The Kier molecular flexibility index (Phi) is 5.14. The maximum atomic E-state index is 11.9. The predicted octanol–water partition coefficient (Wildman–Crippen LogP) is 2.52. The van der Waals surface area contributed by atoms with Crippen LogP contribution in [0.5, 0.6) is 11.5 Å². The van der Waals surface area contributed by atoms with E-state index in [1.807, 2.05) is 18.2 Å². The molecule has 0 aliphatic heterocycles. The van der Waals surface area contributed by atoms with Crippen molar-refractivity contribution in [1.82, 2.24) is 0 Å². The fourth-order valence-corrected chi connectivity index (χ4v) is 1.97. The van der Waals surface area contributed by atoms with Crippen molar-refractivity contribution < 1.29 is 14.3 Å². The molecule has 0 unspecified atom stereocenters. The van der Waals surface area contributed by atoms with E-state index in [1.54, 1.807) is 30.3 Å². The second-order valence-electron chi connectivity index (χ2n) is 4.74. The van der Waals surface area contributed by atoms with Gasteiger partial charge in [0.1, 0.15) is 5.84 Å². The van der Waals surface area contributed by atoms with E-state index in [0.29, 0.717) is 23.5 Å². The number of esters is 1. The molecule has 2 aromatic rings. The molecule has 0 fully saturated rings. The van der Waals surface area contributed by atoms with Gasteiger partial charge in [0.15, 0.2) is 11.5 Å². The van der Waals surface area contributed by atoms with E-state index in [1.165, 1.54) is 7.11 Å². The summed E-state index contributed by atoms with van der Waals surface area (Å²) in [5.41, 5.74) is 7.05. The average Bonchev–Trinajstić information content (AvgIpc) is 2.54. The zero-order valence-corrected chi connectivity index (χ0v) is 12.3. The smallest absolute Gasteiger partial charge is 0.311 e. The minimum atomic E-state index is -0.319. The molecule has 0 aliphatic carbocycles. The summed E-state index contributed by atoms with van der Waals surface area (Å²) in [6, 6.07) is 14.3. The highest BCUT2D eigenvalue weighted by molar-refractivity contribution is 5.94. The van der Waals surface area contributed by atoms with E-state index in [4.69, 9.17) is 20.6 Å². The SMILES string of the molecule is COc1ccccc1OC(=O)CCc1ccc(C(=N)N)cc1. The van der Waals surface area contributed by atoms with Crippen molar-refractivity contribution in [2.75, 3.05) is 7.11 Å². The van der Waals surface area contributed by atoms with Crippen LogP contribution in [0.15, 0.2) is 48.5 Å². The Hall–Kier alpha value is -2.82. The molecule has 0 atom stereocenters. The number of nitrogens with two attached hydrogens (primary N) is 1. The molecular formula is C17H18N2O3. The maximum Gasteiger partial charge on any atom is 0.311 e. The summed E-state index contributed by atoms with van der Waals surface area (Å²) in [4.78, 5) is 11.9. The van der Waals surface area contributed by atoms with Crippen LogP contribution in [0.3, 0.4) is 0 Å². The molecule has 3 N–H and O–H groups in total. The molecule has 0 saturated carbocycles. The number of ether oxygens (including phenoxy) is 2. The normalized spacial score (nSPS) is 10.0. The van der Waals surface area contributed by atoms with Crippen molar-refractivity contribution in [1.29, 1.82) is 5.41 Å². The van der Waals surface area contributed by atoms with Gasteiger partial charge in [-0.1, -0.05) is 36.4 Å². The molecule has 5 nitrogen and oxygen atoms in total. The zero-order chi connectivity index (χ0) is 15.9. The van der Waals surface area contributed by atoms with Crippen molar-refractivity contribution >= 4 is 11.8 Å². The Bertz CT molecular complexity index is 666. The summed E-state index contributed by atoms with van der Waals surface area (Å²) in [5, 5.41) is 7.33. The van der Waals surface area contributed by atoms with Crippen LogP contribution in [-0.2, 0) is 11.2 Å². The standard InChI is InChI=1S/C17H18N2O3/c1-21-14-4-2-3-5-15(14)22-16(20)11-8-12-6-9-13(10-7-12)17(18)19/h2-7,9-10H,8,11H2,1H3,(H3,18,19). The lowest BCUT2D eigenvalue weighted by molar-refractivity contribution is -0.134. The monoisotopic (exact) mass is 298 g/mol. The van der Waals surface area contributed by atoms with Crippen molar-refractivity contribution in [3.05, 3.63) is 59.7 Å². The Morgan fingerprint density at radius 3 is 2.32 bits per heavy atom. The average molecular weight is 298 g/mol. The van der Waals surface area contributed by atoms with Gasteiger partial charge in [-0.3, -0.25) is 10.2 Å². The summed E-state index contributed by atoms with van der Waals surface area (Å²) in [7, 11) is 1.53. The summed E-state index contributed by atoms with van der Waals surface area (Å²) in [5.74, 6) is 0.658. The number of methoxy groups -OCH3 is 1.